The van der Waals surface area contributed by atoms with E-state index in [1.54, 1.807) is 53.1 Å². The van der Waals surface area contributed by atoms with Gasteiger partial charge in [0.2, 0.25) is 10.0 Å². The minimum Gasteiger partial charge on any atom is -0.273 e. The van der Waals surface area contributed by atoms with Crippen molar-refractivity contribution >= 4 is 27.5 Å². The number of benzene rings is 4. The van der Waals surface area contributed by atoms with Crippen molar-refractivity contribution in [3.05, 3.63) is 148 Å². The van der Waals surface area contributed by atoms with E-state index < -0.39 is 21.0 Å². The zero-order valence-corrected chi connectivity index (χ0v) is 23.8. The van der Waals surface area contributed by atoms with E-state index in [1.165, 1.54) is 36.0 Å². The van der Waals surface area contributed by atoms with Gasteiger partial charge in [-0.2, -0.15) is 0 Å². The maximum Gasteiger partial charge on any atom is 0.269 e. The molecule has 1 aromatic heterocycles. The molecule has 42 heavy (non-hydrogen) atoms. The van der Waals surface area contributed by atoms with Crippen molar-refractivity contribution in [1.29, 1.82) is 0 Å². The molecule has 9 nitrogen and oxygen atoms in total. The number of nitrogens with zero attached hydrogens (tertiary/aromatic N) is 4. The average Bonchev–Trinajstić information content (AvgIpc) is 3.41. The molecule has 5 aromatic rings. The molecule has 0 saturated heterocycles. The van der Waals surface area contributed by atoms with Gasteiger partial charge in [-0.3, -0.25) is 14.7 Å². The molecule has 0 fully saturated rings. The first kappa shape index (κ1) is 29.1. The van der Waals surface area contributed by atoms with Crippen LogP contribution in [-0.2, 0) is 27.9 Å². The fourth-order valence-corrected chi connectivity index (χ4v) is 6.63. The van der Waals surface area contributed by atoms with E-state index in [0.29, 0.717) is 28.0 Å². The largest absolute Gasteiger partial charge is 0.273 e. The monoisotopic (exact) mass is 603 g/mol. The molecule has 5 rings (SSSR count). The number of nitro benzene ring substituents is 1. The molecule has 12 heteroatoms. The number of thioether (sulfide) groups is 1. The van der Waals surface area contributed by atoms with Crippen LogP contribution >= 0.6 is 11.8 Å². The lowest BCUT2D eigenvalue weighted by atomic mass is 10.1. The lowest BCUT2D eigenvalue weighted by Crippen LogP contribution is -2.33. The second-order valence-electron chi connectivity index (χ2n) is 9.47. The van der Waals surface area contributed by atoms with Crippen molar-refractivity contribution in [2.75, 3.05) is 0 Å². The SMILES string of the molecule is O=[N+]([O-])c1ccc(-n2c(SCc3ccc(F)cc3)nnc2C(Cc2ccccc2)NS(=O)(=O)Cc2ccccc2)cc1. The van der Waals surface area contributed by atoms with Crippen LogP contribution in [0.2, 0.25) is 0 Å². The number of non-ortho nitro benzene ring substituents is 1. The summed E-state index contributed by atoms with van der Waals surface area (Å²) in [6, 6.07) is 29.5. The van der Waals surface area contributed by atoms with E-state index in [0.717, 1.165) is 11.1 Å². The number of hydrogen-bond donors (Lipinski definition) is 1. The summed E-state index contributed by atoms with van der Waals surface area (Å²) in [6.07, 6.45) is 0.280. The van der Waals surface area contributed by atoms with Crippen LogP contribution in [0.4, 0.5) is 10.1 Å². The third kappa shape index (κ3) is 7.46. The van der Waals surface area contributed by atoms with Crippen molar-refractivity contribution < 1.29 is 17.7 Å². The fraction of sp³-hybridized carbons (Fsp3) is 0.133. The van der Waals surface area contributed by atoms with Gasteiger partial charge in [0.1, 0.15) is 5.82 Å². The summed E-state index contributed by atoms with van der Waals surface area (Å²) in [4.78, 5) is 10.8. The van der Waals surface area contributed by atoms with Crippen LogP contribution in [0, 0.1) is 15.9 Å². The first-order valence-corrected chi connectivity index (χ1v) is 15.6. The maximum atomic E-state index is 13.4. The molecule has 1 unspecified atom stereocenters. The molecule has 0 radical (unpaired) electrons. The second kappa shape index (κ2) is 13.1. The Hall–Kier alpha value is -4.39. The Morgan fingerprint density at radius 2 is 1.45 bits per heavy atom. The lowest BCUT2D eigenvalue weighted by molar-refractivity contribution is -0.384. The van der Waals surface area contributed by atoms with Gasteiger partial charge in [-0.1, -0.05) is 84.6 Å². The molecule has 1 atom stereocenters. The molecule has 4 aromatic carbocycles. The topological polar surface area (TPSA) is 120 Å². The predicted octanol–water partition coefficient (Wildman–Crippen LogP) is 6.01. The molecule has 0 aliphatic carbocycles. The quantitative estimate of drug-likeness (QED) is 0.105. The Morgan fingerprint density at radius 1 is 0.833 bits per heavy atom. The van der Waals surface area contributed by atoms with Crippen molar-refractivity contribution in [3.63, 3.8) is 0 Å². The van der Waals surface area contributed by atoms with E-state index in [-0.39, 0.29) is 23.7 Å². The molecular formula is C30H26FN5O4S2. The van der Waals surface area contributed by atoms with Crippen LogP contribution in [0.25, 0.3) is 5.69 Å². The highest BCUT2D eigenvalue weighted by molar-refractivity contribution is 7.98. The molecular weight excluding hydrogens is 577 g/mol. The van der Waals surface area contributed by atoms with Crippen molar-refractivity contribution in [2.24, 2.45) is 0 Å². The van der Waals surface area contributed by atoms with Crippen molar-refractivity contribution in [1.82, 2.24) is 19.5 Å². The molecule has 0 aliphatic heterocycles. The normalized spacial score (nSPS) is 12.2. The zero-order valence-electron chi connectivity index (χ0n) is 22.2. The minimum atomic E-state index is -3.83. The smallest absolute Gasteiger partial charge is 0.269 e. The van der Waals surface area contributed by atoms with Gasteiger partial charge >= 0.3 is 0 Å². The van der Waals surface area contributed by atoms with Gasteiger partial charge < -0.3 is 0 Å². The Balaban J connectivity index is 1.55. The van der Waals surface area contributed by atoms with Gasteiger partial charge in [0, 0.05) is 23.6 Å². The fourth-order valence-electron chi connectivity index (χ4n) is 4.38. The predicted molar refractivity (Wildman–Crippen MR) is 159 cm³/mol. The summed E-state index contributed by atoms with van der Waals surface area (Å²) >= 11 is 1.33. The van der Waals surface area contributed by atoms with E-state index in [1.807, 2.05) is 36.4 Å². The van der Waals surface area contributed by atoms with E-state index in [4.69, 9.17) is 0 Å². The number of nitrogens with one attached hydrogen (secondary N) is 1. The standard InChI is InChI=1S/C30H26FN5O4S2/c31-25-13-11-23(12-14-25)20-41-30-33-32-29(35(30)26-15-17-27(18-16-26)36(37)38)28(19-22-7-3-1-4-8-22)34-42(39,40)21-24-9-5-2-6-10-24/h1-18,28,34H,19-21H2. The summed E-state index contributed by atoms with van der Waals surface area (Å²) < 4.78 is 44.8. The Kier molecular flexibility index (Phi) is 9.06. The highest BCUT2D eigenvalue weighted by Crippen LogP contribution is 2.30. The third-order valence-corrected chi connectivity index (χ3v) is 8.73. The molecule has 0 bridgehead atoms. The Bertz CT molecular complexity index is 1750. The number of sulfonamides is 1. The van der Waals surface area contributed by atoms with E-state index in [2.05, 4.69) is 14.9 Å². The Morgan fingerprint density at radius 3 is 2.07 bits per heavy atom. The second-order valence-corrected chi connectivity index (χ2v) is 12.2. The van der Waals surface area contributed by atoms with E-state index in [9.17, 15) is 22.9 Å². The number of hydrogen-bond acceptors (Lipinski definition) is 7. The highest BCUT2D eigenvalue weighted by Gasteiger charge is 2.28. The zero-order chi connectivity index (χ0) is 29.5. The third-order valence-electron chi connectivity index (χ3n) is 6.37. The Labute approximate surface area is 246 Å². The average molecular weight is 604 g/mol. The number of aromatic nitrogens is 3. The van der Waals surface area contributed by atoms with Crippen LogP contribution in [-0.4, -0.2) is 28.1 Å². The lowest BCUT2D eigenvalue weighted by Gasteiger charge is -2.20. The summed E-state index contributed by atoms with van der Waals surface area (Å²) in [5.74, 6) is 0.198. The number of rotatable bonds is 12. The van der Waals surface area contributed by atoms with Crippen molar-refractivity contribution in [3.8, 4) is 5.69 Å². The van der Waals surface area contributed by atoms with Crippen LogP contribution < -0.4 is 4.72 Å². The molecule has 0 saturated carbocycles. The summed E-state index contributed by atoms with van der Waals surface area (Å²) in [5, 5.41) is 20.6. The summed E-state index contributed by atoms with van der Waals surface area (Å²) in [5.41, 5.74) is 2.81. The van der Waals surface area contributed by atoms with Crippen molar-refractivity contribution in [2.45, 2.75) is 29.1 Å². The van der Waals surface area contributed by atoms with Crippen LogP contribution in [0.5, 0.6) is 0 Å². The summed E-state index contributed by atoms with van der Waals surface area (Å²) in [6.45, 7) is 0. The number of halogens is 1. The van der Waals surface area contributed by atoms with Gasteiger partial charge in [0.15, 0.2) is 11.0 Å². The van der Waals surface area contributed by atoms with Gasteiger partial charge in [-0.15, -0.1) is 10.2 Å². The van der Waals surface area contributed by atoms with Gasteiger partial charge in [-0.25, -0.2) is 17.5 Å². The summed E-state index contributed by atoms with van der Waals surface area (Å²) in [7, 11) is -3.83. The molecule has 0 spiro atoms. The van der Waals surface area contributed by atoms with Crippen LogP contribution in [0.1, 0.15) is 28.6 Å². The van der Waals surface area contributed by atoms with Crippen LogP contribution in [0.15, 0.2) is 114 Å². The number of nitro groups is 1. The van der Waals surface area contributed by atoms with Gasteiger partial charge in [0.25, 0.3) is 5.69 Å². The maximum absolute atomic E-state index is 13.4. The molecule has 214 valence electrons. The first-order valence-electron chi connectivity index (χ1n) is 12.9. The van der Waals surface area contributed by atoms with Gasteiger partial charge in [-0.05, 0) is 47.4 Å². The molecule has 0 aliphatic rings. The molecule has 1 N–H and O–H groups in total. The first-order chi connectivity index (χ1) is 20.3. The molecule has 1 heterocycles. The molecule has 0 amide bonds. The minimum absolute atomic E-state index is 0.0849. The highest BCUT2D eigenvalue weighted by atomic mass is 32.2. The van der Waals surface area contributed by atoms with E-state index >= 15 is 0 Å². The van der Waals surface area contributed by atoms with Gasteiger partial charge in [0.05, 0.1) is 16.7 Å². The van der Waals surface area contributed by atoms with Crippen LogP contribution in [0.3, 0.4) is 0 Å².